The fraction of sp³-hybridized carbons (Fsp3) is 0.211. The number of hydrogen-bond donors (Lipinski definition) is 3. The van der Waals surface area contributed by atoms with E-state index in [0.717, 1.165) is 0 Å². The number of carbonyl (C=O) groups is 2. The molecular weight excluding hydrogens is 316 g/mol. The van der Waals surface area contributed by atoms with Crippen molar-refractivity contribution in [2.75, 3.05) is 0 Å². The predicted molar refractivity (Wildman–Crippen MR) is 95.3 cm³/mol. The molecule has 0 radical (unpaired) electrons. The molecule has 6 nitrogen and oxygen atoms in total. The second-order valence-electron chi connectivity index (χ2n) is 6.08. The minimum Gasteiger partial charge on any atom is -0.347 e. The summed E-state index contributed by atoms with van der Waals surface area (Å²) >= 11 is 0. The van der Waals surface area contributed by atoms with Crippen molar-refractivity contribution in [3.05, 3.63) is 71.8 Å². The second-order valence-corrected chi connectivity index (χ2v) is 6.08. The molecule has 128 valence electrons. The minimum atomic E-state index is -1.42. The third-order valence-electron chi connectivity index (χ3n) is 3.95. The van der Waals surface area contributed by atoms with E-state index in [1.807, 2.05) is 13.8 Å². The van der Waals surface area contributed by atoms with Gasteiger partial charge in [-0.2, -0.15) is 0 Å². The molecule has 1 aromatic carbocycles. The van der Waals surface area contributed by atoms with Crippen LogP contribution in [0.4, 0.5) is 0 Å². The molecule has 1 aromatic heterocycles. The van der Waals surface area contributed by atoms with Crippen LogP contribution < -0.4 is 10.6 Å². The molecule has 2 heterocycles. The average molecular weight is 341 g/mol. The summed E-state index contributed by atoms with van der Waals surface area (Å²) in [5.74, 6) is -1.39. The highest BCUT2D eigenvalue weighted by molar-refractivity contribution is 6.07. The number of amides is 2. The average Bonchev–Trinajstić information content (AvgIpc) is 3.17. The highest BCUT2D eigenvalue weighted by Gasteiger charge is 2.31. The Balaban J connectivity index is 1.98. The molecule has 0 spiro atoms. The van der Waals surface area contributed by atoms with E-state index in [9.17, 15) is 9.59 Å². The monoisotopic (exact) mass is 341 g/mol. The van der Waals surface area contributed by atoms with Gasteiger partial charge in [0.25, 0.3) is 11.8 Å². The molecule has 3 rings (SSSR count). The summed E-state index contributed by atoms with van der Waals surface area (Å²) in [6.45, 7) is 7.60. The number of hydrogen-bond acceptors (Lipinski definition) is 3. The second kappa shape index (κ2) is 6.39. The Kier molecular flexibility index (Phi) is 2.92. The van der Waals surface area contributed by atoms with Crippen LogP contribution in [-0.4, -0.2) is 21.8 Å². The van der Waals surface area contributed by atoms with Gasteiger partial charge in [-0.15, -0.1) is 6.58 Å². The van der Waals surface area contributed by atoms with E-state index in [1.54, 1.807) is 6.08 Å². The number of rotatable bonds is 4. The van der Waals surface area contributed by atoms with Crippen LogP contribution in [0.5, 0.6) is 0 Å². The van der Waals surface area contributed by atoms with Crippen molar-refractivity contribution in [1.82, 2.24) is 20.6 Å². The van der Waals surface area contributed by atoms with Crippen molar-refractivity contribution in [2.24, 2.45) is 0 Å². The molecule has 1 fully saturated rings. The number of piperazine rings is 1. The maximum atomic E-state index is 12.7. The molecule has 6 heteroatoms. The van der Waals surface area contributed by atoms with Crippen molar-refractivity contribution in [2.45, 2.75) is 25.3 Å². The van der Waals surface area contributed by atoms with Crippen molar-refractivity contribution in [3.8, 4) is 0 Å². The Labute approximate surface area is 153 Å². The summed E-state index contributed by atoms with van der Waals surface area (Å²) in [5.41, 5.74) is 0.302. The van der Waals surface area contributed by atoms with Crippen LogP contribution >= 0.6 is 0 Å². The van der Waals surface area contributed by atoms with E-state index < -0.39 is 53.5 Å². The van der Waals surface area contributed by atoms with Gasteiger partial charge in [0.15, 0.2) is 0 Å². The fourth-order valence-electron chi connectivity index (χ4n) is 2.41. The van der Waals surface area contributed by atoms with Crippen molar-refractivity contribution in [1.29, 1.82) is 0 Å². The Bertz CT molecular complexity index is 1080. The van der Waals surface area contributed by atoms with Gasteiger partial charge in [0.05, 0.1) is 24.6 Å². The van der Waals surface area contributed by atoms with E-state index in [-0.39, 0.29) is 11.3 Å². The number of imidazole rings is 1. The van der Waals surface area contributed by atoms with E-state index in [1.165, 1.54) is 12.4 Å². The third-order valence-corrected chi connectivity index (χ3v) is 3.95. The van der Waals surface area contributed by atoms with Crippen LogP contribution in [0.15, 0.2) is 54.9 Å². The van der Waals surface area contributed by atoms with Gasteiger partial charge < -0.3 is 15.6 Å². The first kappa shape index (κ1) is 11.4. The van der Waals surface area contributed by atoms with Crippen molar-refractivity contribution in [3.63, 3.8) is 0 Å². The molecule has 1 atom stereocenters. The molecule has 1 unspecified atom stereocenters. The molecule has 0 saturated carbocycles. The maximum Gasteiger partial charge on any atom is 0.268 e. The first-order valence-electron chi connectivity index (χ1n) is 10.1. The first-order chi connectivity index (χ1) is 14.0. The summed E-state index contributed by atoms with van der Waals surface area (Å²) in [6, 6.07) is -4.25. The van der Waals surface area contributed by atoms with Gasteiger partial charge in [0.2, 0.25) is 0 Å². The van der Waals surface area contributed by atoms with E-state index in [4.69, 9.17) is 6.85 Å². The quantitative estimate of drug-likeness (QED) is 0.588. The molecule has 1 aliphatic rings. The molecule has 0 bridgehead atoms. The summed E-state index contributed by atoms with van der Waals surface area (Å²) in [6.07, 6.45) is 4.59. The number of benzene rings is 1. The van der Waals surface area contributed by atoms with E-state index >= 15 is 0 Å². The Morgan fingerprint density at radius 2 is 2.00 bits per heavy atom. The van der Waals surface area contributed by atoms with Gasteiger partial charge in [0, 0.05) is 5.41 Å². The van der Waals surface area contributed by atoms with Crippen LogP contribution in [0.3, 0.4) is 0 Å². The van der Waals surface area contributed by atoms with E-state index in [2.05, 4.69) is 27.2 Å². The molecule has 2 amide bonds. The van der Waals surface area contributed by atoms with Crippen LogP contribution in [0, 0.1) is 0 Å². The fourth-order valence-corrected chi connectivity index (χ4v) is 2.41. The van der Waals surface area contributed by atoms with Crippen LogP contribution in [0.1, 0.15) is 43.7 Å². The predicted octanol–water partition coefficient (Wildman–Crippen LogP) is 2.20. The van der Waals surface area contributed by atoms with Gasteiger partial charge >= 0.3 is 0 Å². The zero-order valence-corrected chi connectivity index (χ0v) is 13.8. The lowest BCUT2D eigenvalue weighted by Gasteiger charge is -2.25. The zero-order valence-electron chi connectivity index (χ0n) is 18.8. The molecule has 2 aromatic rings. The molecule has 25 heavy (non-hydrogen) atoms. The third kappa shape index (κ3) is 3.24. The highest BCUT2D eigenvalue weighted by atomic mass is 16.2. The molecule has 1 aliphatic heterocycles. The zero-order chi connectivity index (χ0) is 22.4. The number of nitrogens with one attached hydrogen (secondary N) is 3. The first-order valence-corrected chi connectivity index (χ1v) is 7.57. The lowest BCUT2D eigenvalue weighted by Crippen LogP contribution is -2.49. The summed E-state index contributed by atoms with van der Waals surface area (Å²) in [7, 11) is 0. The summed E-state index contributed by atoms with van der Waals surface area (Å²) < 4.78 is 39.2. The number of aromatic amines is 1. The molecule has 0 aliphatic carbocycles. The van der Waals surface area contributed by atoms with Crippen LogP contribution in [0.25, 0.3) is 6.08 Å². The number of H-pyrrole nitrogens is 1. The Hall–Kier alpha value is -3.15. The normalized spacial score (nSPS) is 22.2. The highest BCUT2D eigenvalue weighted by Crippen LogP contribution is 2.26. The van der Waals surface area contributed by atoms with Crippen molar-refractivity contribution >= 4 is 17.9 Å². The lowest BCUT2D eigenvalue weighted by molar-refractivity contribution is -0.131. The SMILES string of the molecule is [2H]c1c([2H])c([2H])c(C2NC(=O)/C(=C/c3nc[nH]c3C(C)(C)C=C)NC2=O)c([2H])c1[2H]. The molecule has 3 N–H and O–H groups in total. The van der Waals surface area contributed by atoms with Gasteiger partial charge in [0.1, 0.15) is 11.7 Å². The number of allylic oxidation sites excluding steroid dienone is 1. The number of nitrogens with zero attached hydrogens (tertiary/aromatic N) is 1. The Morgan fingerprint density at radius 1 is 1.28 bits per heavy atom. The summed E-state index contributed by atoms with van der Waals surface area (Å²) in [5, 5.41) is 4.88. The lowest BCUT2D eigenvalue weighted by atomic mass is 9.88. The molecule has 1 saturated heterocycles. The van der Waals surface area contributed by atoms with Gasteiger partial charge in [-0.25, -0.2) is 4.98 Å². The number of carbonyl (C=O) groups excluding carboxylic acids is 2. The number of aromatic nitrogens is 2. The Morgan fingerprint density at radius 3 is 2.68 bits per heavy atom. The van der Waals surface area contributed by atoms with Gasteiger partial charge in [-0.3, -0.25) is 9.59 Å². The van der Waals surface area contributed by atoms with Crippen LogP contribution in [-0.2, 0) is 15.0 Å². The minimum absolute atomic E-state index is 0.0724. The maximum absolute atomic E-state index is 12.7. The topological polar surface area (TPSA) is 86.9 Å². The molecular formula is C19H20N4O2. The largest absolute Gasteiger partial charge is 0.347 e. The van der Waals surface area contributed by atoms with Gasteiger partial charge in [-0.05, 0) is 11.6 Å². The van der Waals surface area contributed by atoms with Crippen molar-refractivity contribution < 1.29 is 16.4 Å². The smallest absolute Gasteiger partial charge is 0.268 e. The van der Waals surface area contributed by atoms with Gasteiger partial charge in [-0.1, -0.05) is 50.1 Å². The summed E-state index contributed by atoms with van der Waals surface area (Å²) in [4.78, 5) is 32.5. The van der Waals surface area contributed by atoms with Crippen LogP contribution in [0.2, 0.25) is 0 Å². The standard InChI is InChI=1S/C19H20N4O2/c1-4-19(2,3)16-13(20-11-21-16)10-14-17(24)23-15(18(25)22-14)12-8-6-5-7-9-12/h4-11,15H,1H2,2-3H3,(H,20,21)(H,22,25)(H,23,24)/b14-10-/i5D,6D,7D,8D,9D. The van der Waals surface area contributed by atoms with E-state index in [0.29, 0.717) is 11.4 Å².